The quantitative estimate of drug-likeness (QED) is 0.656. The topological polar surface area (TPSA) is 29.3 Å². The van der Waals surface area contributed by atoms with Gasteiger partial charge in [0, 0.05) is 11.8 Å². The van der Waals surface area contributed by atoms with E-state index in [4.69, 9.17) is 5.73 Å². The summed E-state index contributed by atoms with van der Waals surface area (Å²) >= 11 is 1.82. The largest absolute Gasteiger partial charge is 0.317 e. The minimum absolute atomic E-state index is 0.102. The average Bonchev–Trinajstić information content (AvgIpc) is 1.53. The first-order valence-electron chi connectivity index (χ1n) is 3.92. The summed E-state index contributed by atoms with van der Waals surface area (Å²) < 4.78 is 0. The first-order valence-corrected chi connectivity index (χ1v) is 4.80. The minimum atomic E-state index is -0.102. The Morgan fingerprint density at radius 1 is 1.45 bits per heavy atom. The highest BCUT2D eigenvalue weighted by Crippen LogP contribution is 2.23. The second kappa shape index (κ2) is 4.33. The third-order valence-corrected chi connectivity index (χ3v) is 2.29. The lowest BCUT2D eigenvalue weighted by molar-refractivity contribution is 0.412. The van der Waals surface area contributed by atoms with Crippen molar-refractivity contribution in [2.45, 2.75) is 30.9 Å². The summed E-state index contributed by atoms with van der Waals surface area (Å²) in [4.78, 5) is 2.08. The van der Waals surface area contributed by atoms with Crippen molar-refractivity contribution in [3.63, 3.8) is 0 Å². The Bertz CT molecular complexity index is 107. The molecule has 0 rings (SSSR count). The van der Waals surface area contributed by atoms with Gasteiger partial charge in [-0.25, -0.2) is 0 Å². The molecule has 0 radical (unpaired) electrons. The van der Waals surface area contributed by atoms with Crippen LogP contribution >= 0.6 is 11.8 Å². The molecule has 11 heavy (non-hydrogen) atoms. The molecule has 0 aliphatic carbocycles. The van der Waals surface area contributed by atoms with Crippen molar-refractivity contribution in [1.29, 1.82) is 0 Å². The Labute approximate surface area is 74.5 Å². The molecular formula is C8H20N2S. The Morgan fingerprint density at radius 3 is 2.18 bits per heavy atom. The summed E-state index contributed by atoms with van der Waals surface area (Å²) in [6.45, 7) is 7.39. The molecule has 68 valence electrons. The first kappa shape index (κ1) is 11.3. The van der Waals surface area contributed by atoms with E-state index in [0.29, 0.717) is 5.25 Å². The molecule has 0 aliphatic rings. The second-order valence-corrected chi connectivity index (χ2v) is 5.89. The molecule has 0 heterocycles. The fourth-order valence-corrected chi connectivity index (χ4v) is 2.48. The highest BCUT2D eigenvalue weighted by atomic mass is 32.2. The fraction of sp³-hybridized carbons (Fsp3) is 1.00. The van der Waals surface area contributed by atoms with E-state index >= 15 is 0 Å². The molecular weight excluding hydrogens is 156 g/mol. The fourth-order valence-electron chi connectivity index (χ4n) is 1.07. The molecule has 0 saturated carbocycles. The van der Waals surface area contributed by atoms with Gasteiger partial charge in [0.05, 0.1) is 4.87 Å². The summed E-state index contributed by atoms with van der Waals surface area (Å²) in [6, 6.07) is 0. The summed E-state index contributed by atoms with van der Waals surface area (Å²) in [5, 5.41) is 0.602. The SMILES string of the molecule is C[C@@H](CN(C)C)SC(C)(C)N. The van der Waals surface area contributed by atoms with Gasteiger partial charge in [-0.1, -0.05) is 6.92 Å². The van der Waals surface area contributed by atoms with Crippen LogP contribution in [0.4, 0.5) is 0 Å². The number of hydrogen-bond acceptors (Lipinski definition) is 3. The van der Waals surface area contributed by atoms with E-state index < -0.39 is 0 Å². The predicted octanol–water partition coefficient (Wildman–Crippen LogP) is 1.36. The Balaban J connectivity index is 3.61. The number of hydrogen-bond donors (Lipinski definition) is 1. The van der Waals surface area contributed by atoms with Crippen molar-refractivity contribution in [3.05, 3.63) is 0 Å². The van der Waals surface area contributed by atoms with Gasteiger partial charge in [-0.15, -0.1) is 11.8 Å². The van der Waals surface area contributed by atoms with Crippen molar-refractivity contribution < 1.29 is 0 Å². The molecule has 2 N–H and O–H groups in total. The second-order valence-electron chi connectivity index (χ2n) is 3.79. The van der Waals surface area contributed by atoms with Crippen LogP contribution in [0.5, 0.6) is 0 Å². The summed E-state index contributed by atoms with van der Waals surface area (Å²) in [6.07, 6.45) is 0. The van der Waals surface area contributed by atoms with E-state index in [2.05, 4.69) is 25.9 Å². The van der Waals surface area contributed by atoms with Crippen molar-refractivity contribution in [3.8, 4) is 0 Å². The molecule has 0 aliphatic heterocycles. The van der Waals surface area contributed by atoms with Crippen LogP contribution in [0.15, 0.2) is 0 Å². The van der Waals surface area contributed by atoms with Gasteiger partial charge in [0.1, 0.15) is 0 Å². The Morgan fingerprint density at radius 2 is 1.91 bits per heavy atom. The molecule has 0 saturated heterocycles. The molecule has 0 bridgehead atoms. The molecule has 0 spiro atoms. The van der Waals surface area contributed by atoms with Crippen molar-refractivity contribution in [1.82, 2.24) is 4.90 Å². The van der Waals surface area contributed by atoms with Gasteiger partial charge in [-0.3, -0.25) is 0 Å². The molecule has 0 amide bonds. The molecule has 2 nitrogen and oxygen atoms in total. The van der Waals surface area contributed by atoms with Crippen LogP contribution in [-0.2, 0) is 0 Å². The van der Waals surface area contributed by atoms with E-state index in [9.17, 15) is 0 Å². The smallest absolute Gasteiger partial charge is 0.0566 e. The van der Waals surface area contributed by atoms with Gasteiger partial charge >= 0.3 is 0 Å². The number of rotatable bonds is 4. The Kier molecular flexibility index (Phi) is 4.44. The van der Waals surface area contributed by atoms with E-state index in [1.807, 2.05) is 25.6 Å². The predicted molar refractivity (Wildman–Crippen MR) is 53.9 cm³/mol. The van der Waals surface area contributed by atoms with Crippen molar-refractivity contribution >= 4 is 11.8 Å². The molecule has 0 aromatic rings. The lowest BCUT2D eigenvalue weighted by Gasteiger charge is -2.24. The van der Waals surface area contributed by atoms with E-state index in [1.165, 1.54) is 0 Å². The molecule has 1 atom stereocenters. The molecule has 0 fully saturated rings. The zero-order valence-corrected chi connectivity index (χ0v) is 9.03. The van der Waals surface area contributed by atoms with Gasteiger partial charge < -0.3 is 10.6 Å². The van der Waals surface area contributed by atoms with Crippen molar-refractivity contribution in [2.75, 3.05) is 20.6 Å². The average molecular weight is 176 g/mol. The first-order chi connectivity index (χ1) is 4.81. The highest BCUT2D eigenvalue weighted by molar-refractivity contribution is 8.01. The van der Waals surface area contributed by atoms with Crippen LogP contribution in [0.1, 0.15) is 20.8 Å². The van der Waals surface area contributed by atoms with Gasteiger partial charge in [0.25, 0.3) is 0 Å². The molecule has 0 aromatic carbocycles. The minimum Gasteiger partial charge on any atom is -0.317 e. The maximum absolute atomic E-state index is 5.86. The van der Waals surface area contributed by atoms with Gasteiger partial charge in [0.2, 0.25) is 0 Å². The normalized spacial score (nSPS) is 15.5. The highest BCUT2D eigenvalue weighted by Gasteiger charge is 2.16. The summed E-state index contributed by atoms with van der Waals surface area (Å²) in [5.74, 6) is 0. The maximum Gasteiger partial charge on any atom is 0.0566 e. The van der Waals surface area contributed by atoms with E-state index in [1.54, 1.807) is 0 Å². The van der Waals surface area contributed by atoms with Crippen LogP contribution in [0.3, 0.4) is 0 Å². The van der Waals surface area contributed by atoms with Crippen LogP contribution < -0.4 is 5.73 Å². The maximum atomic E-state index is 5.86. The van der Waals surface area contributed by atoms with Crippen LogP contribution in [0.2, 0.25) is 0 Å². The van der Waals surface area contributed by atoms with Crippen LogP contribution in [0, 0.1) is 0 Å². The third kappa shape index (κ3) is 8.17. The molecule has 3 heteroatoms. The monoisotopic (exact) mass is 176 g/mol. The number of nitrogens with two attached hydrogens (primary N) is 1. The molecule has 0 aromatic heterocycles. The number of nitrogens with zero attached hydrogens (tertiary/aromatic N) is 1. The van der Waals surface area contributed by atoms with Crippen LogP contribution in [0.25, 0.3) is 0 Å². The van der Waals surface area contributed by atoms with Crippen LogP contribution in [-0.4, -0.2) is 35.7 Å². The van der Waals surface area contributed by atoms with Gasteiger partial charge in [0.15, 0.2) is 0 Å². The summed E-state index contributed by atoms with van der Waals surface area (Å²) in [7, 11) is 4.17. The third-order valence-electron chi connectivity index (χ3n) is 1.13. The Hall–Kier alpha value is 0.270. The zero-order chi connectivity index (χ0) is 9.07. The zero-order valence-electron chi connectivity index (χ0n) is 8.22. The van der Waals surface area contributed by atoms with E-state index in [-0.39, 0.29) is 4.87 Å². The summed E-state index contributed by atoms with van der Waals surface area (Å²) in [5.41, 5.74) is 5.86. The van der Waals surface area contributed by atoms with Crippen molar-refractivity contribution in [2.24, 2.45) is 5.73 Å². The lowest BCUT2D eigenvalue weighted by Crippen LogP contribution is -2.32. The molecule has 0 unspecified atom stereocenters. The standard InChI is InChI=1S/C8H20N2S/c1-7(6-10(4)5)11-8(2,3)9/h7H,6,9H2,1-5H3/t7-/m0/s1. The lowest BCUT2D eigenvalue weighted by atomic mass is 10.4. The number of thioether (sulfide) groups is 1. The van der Waals surface area contributed by atoms with Gasteiger partial charge in [-0.05, 0) is 27.9 Å². The van der Waals surface area contributed by atoms with E-state index in [0.717, 1.165) is 6.54 Å². The van der Waals surface area contributed by atoms with Gasteiger partial charge in [-0.2, -0.15) is 0 Å².